The molecule has 0 saturated heterocycles. The normalized spacial score (nSPS) is 20.7. The predicted octanol–water partition coefficient (Wildman–Crippen LogP) is 13.1. The van der Waals surface area contributed by atoms with Gasteiger partial charge >= 0.3 is 0 Å². The second-order valence-corrected chi connectivity index (χ2v) is 20.3. The fourth-order valence-electron chi connectivity index (χ4n) is 10.9. The van der Waals surface area contributed by atoms with Crippen molar-refractivity contribution in [2.24, 2.45) is 15.4 Å². The SMILES string of the molecule is CC(C)(C)C1=CC2=C(CC1)n1c3ccc(C(C)(C)C)cc3c(=O)c3cc(C4Cc5c(C6=NC(C7=CCCC=C7)CC(c7ccccc7)=N6)cccc5-c5ccccc54)cc(c31)C2O. The van der Waals surface area contributed by atoms with Crippen LogP contribution in [0.1, 0.15) is 125 Å². The summed E-state index contributed by atoms with van der Waals surface area (Å²) in [5, 5.41) is 14.0. The van der Waals surface area contributed by atoms with E-state index in [2.05, 4.69) is 174 Å². The third-order valence-corrected chi connectivity index (χ3v) is 14.4. The number of fused-ring (bicyclic) bond motifs is 6. The lowest BCUT2D eigenvalue weighted by Gasteiger charge is -2.36. The van der Waals surface area contributed by atoms with Crippen molar-refractivity contribution in [1.82, 2.24) is 4.57 Å². The van der Waals surface area contributed by atoms with Crippen molar-refractivity contribution in [2.45, 2.75) is 104 Å². The minimum Gasteiger partial charge on any atom is -0.384 e. The summed E-state index contributed by atoms with van der Waals surface area (Å²) in [7, 11) is 0. The highest BCUT2D eigenvalue weighted by Crippen LogP contribution is 2.50. The van der Waals surface area contributed by atoms with Crippen LogP contribution in [0.2, 0.25) is 0 Å². The fourth-order valence-corrected chi connectivity index (χ4v) is 10.9. The van der Waals surface area contributed by atoms with Gasteiger partial charge in [-0.2, -0.15) is 0 Å². The zero-order valence-electron chi connectivity index (χ0n) is 37.3. The van der Waals surface area contributed by atoms with E-state index in [0.29, 0.717) is 11.8 Å². The molecule has 1 N–H and O–H groups in total. The standard InChI is InChI=1S/C58H55N3O2/c1-57(2,3)37-24-26-51-45(30-37)54(62)47-28-36(29-48-53(47)61(51)52-27-25-38(58(4,5)6)31-46(52)55(48)63)43-32-44-41(39-20-13-14-21-40(39)43)22-15-23-42(44)56-59-49(34-16-9-7-10-17-34)33-50(60-56)35-18-11-8-12-19-35/h7,9-11,13-24,26,28-31,43,50,55,63H,8,12,25,27,32-33H2,1-6H3. The Morgan fingerprint density at radius 1 is 0.730 bits per heavy atom. The summed E-state index contributed by atoms with van der Waals surface area (Å²) in [5.74, 6) is 0.683. The van der Waals surface area contributed by atoms with E-state index < -0.39 is 6.10 Å². The average Bonchev–Trinajstić information content (AvgIpc) is 3.30. The van der Waals surface area contributed by atoms with E-state index in [9.17, 15) is 5.11 Å². The molecule has 3 unspecified atom stereocenters. The summed E-state index contributed by atoms with van der Waals surface area (Å²) in [4.78, 5) is 26.0. The Morgan fingerprint density at radius 3 is 2.29 bits per heavy atom. The van der Waals surface area contributed by atoms with Gasteiger partial charge in [0.1, 0.15) is 6.10 Å². The van der Waals surface area contributed by atoms with Crippen molar-refractivity contribution >= 4 is 39.1 Å². The zero-order chi connectivity index (χ0) is 43.4. The Labute approximate surface area is 370 Å². The first-order valence-corrected chi connectivity index (χ1v) is 22.9. The van der Waals surface area contributed by atoms with Crippen molar-refractivity contribution in [1.29, 1.82) is 0 Å². The van der Waals surface area contributed by atoms with Crippen molar-refractivity contribution in [3.05, 3.63) is 193 Å². The maximum atomic E-state index is 15.1. The number of aliphatic imine (C=N–C) groups is 2. The van der Waals surface area contributed by atoms with Gasteiger partial charge in [-0.05, 0) is 106 Å². The molecular weight excluding hydrogens is 771 g/mol. The molecule has 3 heterocycles. The van der Waals surface area contributed by atoms with Gasteiger partial charge in [-0.3, -0.25) is 9.79 Å². The Morgan fingerprint density at radius 2 is 1.51 bits per heavy atom. The summed E-state index contributed by atoms with van der Waals surface area (Å²) in [6, 6.07) is 36.7. The van der Waals surface area contributed by atoms with Crippen molar-refractivity contribution < 1.29 is 5.11 Å². The third-order valence-electron chi connectivity index (χ3n) is 14.4. The molecule has 0 fully saturated rings. The molecule has 0 amide bonds. The van der Waals surface area contributed by atoms with Crippen LogP contribution >= 0.6 is 0 Å². The van der Waals surface area contributed by atoms with Crippen LogP contribution in [0.25, 0.3) is 38.6 Å². The number of benzene rings is 5. The molecule has 1 aromatic heterocycles. The topological polar surface area (TPSA) is 67.0 Å². The number of hydrogen-bond donors (Lipinski definition) is 1. The second-order valence-electron chi connectivity index (χ2n) is 20.3. The van der Waals surface area contributed by atoms with Gasteiger partial charge in [0.2, 0.25) is 0 Å². The number of hydrogen-bond acceptors (Lipinski definition) is 4. The molecule has 3 atom stereocenters. The first-order chi connectivity index (χ1) is 30.3. The molecule has 314 valence electrons. The summed E-state index contributed by atoms with van der Waals surface area (Å²) in [6.07, 6.45) is 13.5. The van der Waals surface area contributed by atoms with E-state index in [-0.39, 0.29) is 28.2 Å². The lowest BCUT2D eigenvalue weighted by Crippen LogP contribution is -2.25. The Bertz CT molecular complexity index is 3170. The monoisotopic (exact) mass is 825 g/mol. The zero-order valence-corrected chi connectivity index (χ0v) is 37.3. The molecule has 6 aromatic rings. The van der Waals surface area contributed by atoms with Crippen LogP contribution in [-0.2, 0) is 11.8 Å². The van der Waals surface area contributed by atoms with Crippen LogP contribution < -0.4 is 5.43 Å². The highest BCUT2D eigenvalue weighted by molar-refractivity contribution is 6.15. The van der Waals surface area contributed by atoms with E-state index in [1.807, 2.05) is 0 Å². The lowest BCUT2D eigenvalue weighted by molar-refractivity contribution is 0.218. The maximum Gasteiger partial charge on any atom is 0.197 e. The largest absolute Gasteiger partial charge is 0.384 e. The highest BCUT2D eigenvalue weighted by Gasteiger charge is 2.36. The molecule has 0 spiro atoms. The number of aliphatic hydroxyl groups excluding tert-OH is 1. The van der Waals surface area contributed by atoms with E-state index in [1.165, 1.54) is 33.4 Å². The van der Waals surface area contributed by atoms with Gasteiger partial charge in [0.25, 0.3) is 0 Å². The van der Waals surface area contributed by atoms with Gasteiger partial charge in [-0.25, -0.2) is 4.99 Å². The van der Waals surface area contributed by atoms with Gasteiger partial charge < -0.3 is 9.67 Å². The van der Waals surface area contributed by atoms with E-state index in [1.54, 1.807) is 0 Å². The molecule has 0 saturated carbocycles. The minimum absolute atomic E-state index is 0.0186. The Balaban J connectivity index is 1.12. The van der Waals surface area contributed by atoms with E-state index in [0.717, 1.165) is 99.2 Å². The van der Waals surface area contributed by atoms with Crippen LogP contribution in [0, 0.1) is 5.41 Å². The Kier molecular flexibility index (Phi) is 9.26. The quantitative estimate of drug-likeness (QED) is 0.180. The molecule has 5 aromatic carbocycles. The summed E-state index contributed by atoms with van der Waals surface area (Å²) < 4.78 is 2.33. The second kappa shape index (κ2) is 14.7. The Hall–Kier alpha value is -6.17. The van der Waals surface area contributed by atoms with Crippen LogP contribution in [-0.4, -0.2) is 27.3 Å². The molecule has 11 rings (SSSR count). The number of allylic oxidation sites excluding steroid dienone is 4. The number of pyridine rings is 1. The van der Waals surface area contributed by atoms with Gasteiger partial charge in [-0.1, -0.05) is 156 Å². The number of rotatable bonds is 4. The van der Waals surface area contributed by atoms with Crippen molar-refractivity contribution in [3.8, 4) is 11.1 Å². The van der Waals surface area contributed by atoms with Crippen LogP contribution in [0.3, 0.4) is 0 Å². The summed E-state index contributed by atoms with van der Waals surface area (Å²) in [5.41, 5.74) is 17.2. The van der Waals surface area contributed by atoms with Gasteiger partial charge in [0.15, 0.2) is 11.3 Å². The van der Waals surface area contributed by atoms with Crippen LogP contribution in [0.4, 0.5) is 0 Å². The van der Waals surface area contributed by atoms with E-state index in [4.69, 9.17) is 9.98 Å². The molecule has 0 bridgehead atoms. The van der Waals surface area contributed by atoms with Gasteiger partial charge in [0, 0.05) is 45.5 Å². The number of aromatic nitrogens is 1. The molecule has 5 heteroatoms. The molecular formula is C58H55N3O2. The average molecular weight is 826 g/mol. The maximum absolute atomic E-state index is 15.1. The molecule has 5 aliphatic rings. The predicted molar refractivity (Wildman–Crippen MR) is 261 cm³/mol. The van der Waals surface area contributed by atoms with Crippen LogP contribution in [0.15, 0.2) is 159 Å². The van der Waals surface area contributed by atoms with Crippen molar-refractivity contribution in [2.75, 3.05) is 0 Å². The van der Waals surface area contributed by atoms with Gasteiger partial charge in [-0.15, -0.1) is 0 Å². The molecule has 0 radical (unpaired) electrons. The first kappa shape index (κ1) is 39.7. The van der Waals surface area contributed by atoms with Gasteiger partial charge in [0.05, 0.1) is 22.8 Å². The molecule has 63 heavy (non-hydrogen) atoms. The summed E-state index contributed by atoms with van der Waals surface area (Å²) >= 11 is 0. The highest BCUT2D eigenvalue weighted by atomic mass is 16.3. The first-order valence-electron chi connectivity index (χ1n) is 22.9. The molecule has 3 aliphatic carbocycles. The molecule has 5 nitrogen and oxygen atoms in total. The third kappa shape index (κ3) is 6.58. The fraction of sp³-hybridized carbons (Fsp3) is 0.293. The number of aliphatic hydroxyl groups is 1. The lowest BCUT2D eigenvalue weighted by atomic mass is 9.73. The van der Waals surface area contributed by atoms with Crippen molar-refractivity contribution in [3.63, 3.8) is 0 Å². The summed E-state index contributed by atoms with van der Waals surface area (Å²) in [6.45, 7) is 13.4. The number of nitrogens with zero attached hydrogens (tertiary/aromatic N) is 3. The van der Waals surface area contributed by atoms with E-state index >= 15 is 4.79 Å². The molecule has 2 aliphatic heterocycles. The van der Waals surface area contributed by atoms with Crippen LogP contribution in [0.5, 0.6) is 0 Å². The minimum atomic E-state index is -0.866. The smallest absolute Gasteiger partial charge is 0.197 e. The number of amidine groups is 1.